The molecule has 23 heavy (non-hydrogen) atoms. The quantitative estimate of drug-likeness (QED) is 0.806. The second-order valence-electron chi connectivity index (χ2n) is 6.53. The first-order chi connectivity index (χ1) is 10.7. The highest BCUT2D eigenvalue weighted by Gasteiger charge is 2.26. The van der Waals surface area contributed by atoms with Crippen LogP contribution in [0.15, 0.2) is 17.7 Å². The van der Waals surface area contributed by atoms with Crippen molar-refractivity contribution in [2.45, 2.75) is 32.8 Å². The smallest absolute Gasteiger partial charge is 0.410 e. The highest BCUT2D eigenvalue weighted by atomic mass is 19.1. The summed E-state index contributed by atoms with van der Waals surface area (Å²) in [5.41, 5.74) is 6.78. The fourth-order valence-corrected chi connectivity index (χ4v) is 2.33. The van der Waals surface area contributed by atoms with Crippen molar-refractivity contribution in [3.63, 3.8) is 0 Å². The molecule has 2 rings (SSSR count). The molecule has 0 spiro atoms. The Labute approximate surface area is 135 Å². The van der Waals surface area contributed by atoms with Crippen LogP contribution < -0.4 is 5.73 Å². The number of carbonyl (C=O) groups is 1. The van der Waals surface area contributed by atoms with Crippen LogP contribution in [0.3, 0.4) is 0 Å². The lowest BCUT2D eigenvalue weighted by molar-refractivity contribution is 0.0299. The van der Waals surface area contributed by atoms with Gasteiger partial charge in [-0.2, -0.15) is 5.26 Å². The lowest BCUT2D eigenvalue weighted by atomic mass is 10.0. The number of hydrogen-bond acceptors (Lipinski definition) is 4. The molecule has 1 saturated heterocycles. The molecule has 0 bridgehead atoms. The molecular formula is C17H20FN3O2. The van der Waals surface area contributed by atoms with E-state index in [4.69, 9.17) is 15.7 Å². The molecule has 1 fully saturated rings. The third kappa shape index (κ3) is 4.22. The number of carbonyl (C=O) groups excluding carboxylic acids is 1. The van der Waals surface area contributed by atoms with Gasteiger partial charge in [0.1, 0.15) is 11.4 Å². The Balaban J connectivity index is 2.16. The van der Waals surface area contributed by atoms with Crippen LogP contribution in [-0.2, 0) is 4.74 Å². The second kappa shape index (κ2) is 6.29. The van der Waals surface area contributed by atoms with Crippen LogP contribution in [-0.4, -0.2) is 29.7 Å². The van der Waals surface area contributed by atoms with E-state index in [0.717, 1.165) is 11.6 Å². The van der Waals surface area contributed by atoms with Gasteiger partial charge in [0, 0.05) is 13.1 Å². The molecule has 1 aromatic carbocycles. The molecular weight excluding hydrogens is 297 g/mol. The van der Waals surface area contributed by atoms with E-state index in [9.17, 15) is 9.18 Å². The van der Waals surface area contributed by atoms with Crippen molar-refractivity contribution in [3.8, 4) is 6.07 Å². The van der Waals surface area contributed by atoms with Gasteiger partial charge >= 0.3 is 6.09 Å². The number of hydrogen-bond donors (Lipinski definition) is 1. The number of amides is 1. The molecule has 0 aliphatic carbocycles. The summed E-state index contributed by atoms with van der Waals surface area (Å²) in [5.74, 6) is -0.606. The average Bonchev–Trinajstić information content (AvgIpc) is 2.89. The van der Waals surface area contributed by atoms with Crippen LogP contribution in [0.25, 0.3) is 6.08 Å². The van der Waals surface area contributed by atoms with Gasteiger partial charge in [0.25, 0.3) is 0 Å². The Morgan fingerprint density at radius 2 is 2.17 bits per heavy atom. The van der Waals surface area contributed by atoms with Gasteiger partial charge in [-0.15, -0.1) is 0 Å². The molecule has 1 amide bonds. The molecule has 6 heteroatoms. The largest absolute Gasteiger partial charge is 0.444 e. The molecule has 1 heterocycles. The van der Waals surface area contributed by atoms with Crippen molar-refractivity contribution in [1.29, 1.82) is 5.26 Å². The molecule has 0 unspecified atom stereocenters. The summed E-state index contributed by atoms with van der Waals surface area (Å²) < 4.78 is 18.8. The molecule has 5 nitrogen and oxygen atoms in total. The molecule has 0 radical (unpaired) electrons. The minimum absolute atomic E-state index is 0.00200. The Bertz CT molecular complexity index is 699. The van der Waals surface area contributed by atoms with Gasteiger partial charge in [-0.3, -0.25) is 0 Å². The van der Waals surface area contributed by atoms with Gasteiger partial charge < -0.3 is 15.4 Å². The number of ether oxygens (including phenoxy) is 1. The van der Waals surface area contributed by atoms with Crippen molar-refractivity contribution in [2.24, 2.45) is 0 Å². The van der Waals surface area contributed by atoms with Gasteiger partial charge in [0.05, 0.1) is 17.3 Å². The number of nitrogens with zero attached hydrogens (tertiary/aromatic N) is 2. The van der Waals surface area contributed by atoms with Gasteiger partial charge in [-0.25, -0.2) is 9.18 Å². The van der Waals surface area contributed by atoms with E-state index >= 15 is 0 Å². The average molecular weight is 317 g/mol. The zero-order chi connectivity index (χ0) is 17.2. The third-order valence-corrected chi connectivity index (χ3v) is 3.40. The fourth-order valence-electron chi connectivity index (χ4n) is 2.33. The Morgan fingerprint density at radius 3 is 2.78 bits per heavy atom. The first-order valence-corrected chi connectivity index (χ1v) is 7.36. The second-order valence-corrected chi connectivity index (χ2v) is 6.53. The molecule has 0 atom stereocenters. The van der Waals surface area contributed by atoms with Crippen molar-refractivity contribution >= 4 is 17.9 Å². The predicted molar refractivity (Wildman–Crippen MR) is 85.9 cm³/mol. The maximum atomic E-state index is 13.4. The molecule has 122 valence electrons. The highest BCUT2D eigenvalue weighted by molar-refractivity contribution is 5.71. The van der Waals surface area contributed by atoms with Crippen molar-refractivity contribution in [1.82, 2.24) is 4.90 Å². The number of rotatable bonds is 1. The highest BCUT2D eigenvalue weighted by Crippen LogP contribution is 2.24. The van der Waals surface area contributed by atoms with Crippen LogP contribution >= 0.6 is 0 Å². The zero-order valence-corrected chi connectivity index (χ0v) is 13.5. The standard InChI is InChI=1S/C17H20FN3O2/c1-17(2,3)23-16(22)21-5-4-11(10-21)6-12-8-15(20)14(18)7-13(12)9-19/h6-8H,4-5,10,20H2,1-3H3/b11-6-. The number of likely N-dealkylation sites (tertiary alicyclic amines) is 1. The van der Waals surface area contributed by atoms with Gasteiger partial charge in [-0.05, 0) is 50.5 Å². The third-order valence-electron chi connectivity index (χ3n) is 3.40. The van der Waals surface area contributed by atoms with Crippen LogP contribution in [0, 0.1) is 17.1 Å². The zero-order valence-electron chi connectivity index (χ0n) is 13.5. The van der Waals surface area contributed by atoms with Crippen molar-refractivity contribution in [2.75, 3.05) is 18.8 Å². The van der Waals surface area contributed by atoms with Crippen LogP contribution in [0.1, 0.15) is 38.3 Å². The molecule has 2 N–H and O–H groups in total. The molecule has 1 aliphatic heterocycles. The first kappa shape index (κ1) is 16.8. The van der Waals surface area contributed by atoms with E-state index in [-0.39, 0.29) is 17.3 Å². The first-order valence-electron chi connectivity index (χ1n) is 7.36. The van der Waals surface area contributed by atoms with Crippen molar-refractivity contribution < 1.29 is 13.9 Å². The number of nitriles is 1. The maximum absolute atomic E-state index is 13.4. The Hall–Kier alpha value is -2.55. The lowest BCUT2D eigenvalue weighted by Crippen LogP contribution is -2.34. The number of nitrogens with two attached hydrogens (primary N) is 1. The van der Waals surface area contributed by atoms with E-state index in [2.05, 4.69) is 0 Å². The van der Waals surface area contributed by atoms with E-state index in [0.29, 0.717) is 25.1 Å². The maximum Gasteiger partial charge on any atom is 0.410 e. The molecule has 1 aliphatic rings. The monoisotopic (exact) mass is 317 g/mol. The number of anilines is 1. The predicted octanol–water partition coefficient (Wildman–Crippen LogP) is 3.30. The minimum atomic E-state index is -0.606. The van der Waals surface area contributed by atoms with E-state index in [1.54, 1.807) is 11.0 Å². The molecule has 0 saturated carbocycles. The summed E-state index contributed by atoms with van der Waals surface area (Å²) >= 11 is 0. The number of halogens is 1. The summed E-state index contributed by atoms with van der Waals surface area (Å²) in [6.07, 6.45) is 2.11. The van der Waals surface area contributed by atoms with Crippen molar-refractivity contribution in [3.05, 3.63) is 34.6 Å². The van der Waals surface area contributed by atoms with Gasteiger partial charge in [0.15, 0.2) is 0 Å². The summed E-state index contributed by atoms with van der Waals surface area (Å²) in [7, 11) is 0. The summed E-state index contributed by atoms with van der Waals surface area (Å²) in [4.78, 5) is 13.6. The van der Waals surface area contributed by atoms with Gasteiger partial charge in [0.2, 0.25) is 0 Å². The van der Waals surface area contributed by atoms with Gasteiger partial charge in [-0.1, -0.05) is 6.08 Å². The normalized spacial score (nSPS) is 16.5. The summed E-state index contributed by atoms with van der Waals surface area (Å²) in [6.45, 7) is 6.44. The van der Waals surface area contributed by atoms with Crippen LogP contribution in [0.5, 0.6) is 0 Å². The molecule has 0 aromatic heterocycles. The Morgan fingerprint density at radius 1 is 1.48 bits per heavy atom. The van der Waals surface area contributed by atoms with E-state index < -0.39 is 11.4 Å². The van der Waals surface area contributed by atoms with Crippen LogP contribution in [0.4, 0.5) is 14.9 Å². The van der Waals surface area contributed by atoms with E-state index in [1.807, 2.05) is 26.8 Å². The minimum Gasteiger partial charge on any atom is -0.444 e. The number of nitrogen functional groups attached to an aromatic ring is 1. The fraction of sp³-hybridized carbons (Fsp3) is 0.412. The SMILES string of the molecule is CC(C)(C)OC(=O)N1CC/C(=C/c2cc(N)c(F)cc2C#N)C1. The summed E-state index contributed by atoms with van der Waals surface area (Å²) in [5, 5.41) is 9.10. The van der Waals surface area contributed by atoms with Crippen LogP contribution in [0.2, 0.25) is 0 Å². The number of benzene rings is 1. The lowest BCUT2D eigenvalue weighted by Gasteiger charge is -2.23. The summed E-state index contributed by atoms with van der Waals surface area (Å²) in [6, 6.07) is 4.53. The molecule has 1 aromatic rings. The Kier molecular flexibility index (Phi) is 4.60. The topological polar surface area (TPSA) is 79.3 Å². The van der Waals surface area contributed by atoms with E-state index in [1.165, 1.54) is 6.07 Å².